The highest BCUT2D eigenvalue weighted by Crippen LogP contribution is 2.45. The lowest BCUT2D eigenvalue weighted by Crippen LogP contribution is -2.39. The van der Waals surface area contributed by atoms with Crippen LogP contribution in [0.3, 0.4) is 0 Å². The number of pyridine rings is 1. The van der Waals surface area contributed by atoms with E-state index in [9.17, 15) is 9.90 Å². The van der Waals surface area contributed by atoms with Crippen LogP contribution in [-0.4, -0.2) is 79.1 Å². The fraction of sp³-hybridized carbons (Fsp3) is 0.625. The molecule has 8 nitrogen and oxygen atoms in total. The first-order valence-corrected chi connectivity index (χ1v) is 14.5. The van der Waals surface area contributed by atoms with Crippen molar-refractivity contribution in [1.82, 2.24) is 9.88 Å². The number of benzene rings is 1. The third kappa shape index (κ3) is 7.53. The lowest BCUT2D eigenvalue weighted by molar-refractivity contribution is -0.160. The van der Waals surface area contributed by atoms with E-state index in [4.69, 9.17) is 19.2 Å². The molecule has 1 N–H and O–H groups in total. The highest BCUT2D eigenvalue weighted by atomic mass is 16.5. The quantitative estimate of drug-likeness (QED) is 0.427. The molecule has 2 saturated heterocycles. The Labute approximate surface area is 239 Å². The Morgan fingerprint density at radius 2 is 1.68 bits per heavy atom. The third-order valence-electron chi connectivity index (χ3n) is 7.89. The zero-order chi connectivity index (χ0) is 29.1. The monoisotopic (exact) mass is 553 g/mol. The molecule has 0 unspecified atom stereocenters. The molecule has 220 valence electrons. The summed E-state index contributed by atoms with van der Waals surface area (Å²) in [7, 11) is 0. The standard InChI is InChI=1S/C32H47N3O5/c1-22-26(24-8-10-25(11-9-24)39-21-18-34-16-19-38-20-17-34)28(35-14-12-32(6,7)13-15-35)27(23(2)33-22)29(30(36)37)40-31(3,4)5/h8-11,29H,12-21H2,1-7H3,(H,36,37)/t29-/m0/s1. The van der Waals surface area contributed by atoms with E-state index >= 15 is 0 Å². The summed E-state index contributed by atoms with van der Waals surface area (Å²) in [5.41, 5.74) is 4.72. The second-order valence-electron chi connectivity index (χ2n) is 12.8. The Morgan fingerprint density at radius 1 is 1.05 bits per heavy atom. The van der Waals surface area contributed by atoms with E-state index < -0.39 is 17.7 Å². The van der Waals surface area contributed by atoms with Gasteiger partial charge < -0.3 is 24.2 Å². The van der Waals surface area contributed by atoms with Crippen LogP contribution in [-0.2, 0) is 14.3 Å². The number of aryl methyl sites for hydroxylation is 2. The Balaban J connectivity index is 1.70. The van der Waals surface area contributed by atoms with Gasteiger partial charge in [0.05, 0.1) is 24.5 Å². The Morgan fingerprint density at radius 3 is 2.25 bits per heavy atom. The van der Waals surface area contributed by atoms with Crippen LogP contribution in [0, 0.1) is 19.3 Å². The van der Waals surface area contributed by atoms with Gasteiger partial charge in [-0.3, -0.25) is 9.88 Å². The molecule has 2 fully saturated rings. The van der Waals surface area contributed by atoms with Crippen LogP contribution in [0.15, 0.2) is 24.3 Å². The van der Waals surface area contributed by atoms with Crippen molar-refractivity contribution in [2.24, 2.45) is 5.41 Å². The maximum Gasteiger partial charge on any atom is 0.337 e. The number of piperidine rings is 1. The summed E-state index contributed by atoms with van der Waals surface area (Å²) in [6.07, 6.45) is 0.930. The fourth-order valence-corrected chi connectivity index (χ4v) is 5.59. The zero-order valence-electron chi connectivity index (χ0n) is 25.4. The number of aliphatic carboxylic acids is 1. The van der Waals surface area contributed by atoms with Crippen LogP contribution in [0.25, 0.3) is 11.1 Å². The summed E-state index contributed by atoms with van der Waals surface area (Å²) in [5, 5.41) is 10.4. The smallest absolute Gasteiger partial charge is 0.337 e. The predicted molar refractivity (Wildman–Crippen MR) is 158 cm³/mol. The second-order valence-corrected chi connectivity index (χ2v) is 12.8. The molecule has 2 aliphatic rings. The van der Waals surface area contributed by atoms with E-state index in [0.717, 1.165) is 87.0 Å². The molecule has 0 amide bonds. The maximum absolute atomic E-state index is 12.7. The van der Waals surface area contributed by atoms with Crippen molar-refractivity contribution >= 4 is 11.7 Å². The molecule has 8 heteroatoms. The summed E-state index contributed by atoms with van der Waals surface area (Å²) in [4.78, 5) is 22.2. The van der Waals surface area contributed by atoms with Crippen LogP contribution in [0.1, 0.15) is 70.5 Å². The molecule has 0 spiro atoms. The van der Waals surface area contributed by atoms with Gasteiger partial charge in [0.1, 0.15) is 12.4 Å². The van der Waals surface area contributed by atoms with Gasteiger partial charge in [-0.2, -0.15) is 0 Å². The molecular weight excluding hydrogens is 506 g/mol. The SMILES string of the molecule is Cc1nc(C)c([C@H](OC(C)(C)C)C(=O)O)c(N2CCC(C)(C)CC2)c1-c1ccc(OCCN2CCOCC2)cc1. The first-order chi connectivity index (χ1) is 18.8. The normalized spacial score (nSPS) is 18.9. The van der Waals surface area contributed by atoms with Gasteiger partial charge in [0.25, 0.3) is 0 Å². The molecule has 4 rings (SSSR count). The minimum Gasteiger partial charge on any atom is -0.492 e. The molecule has 2 aliphatic heterocycles. The molecule has 1 aromatic heterocycles. The van der Waals surface area contributed by atoms with Gasteiger partial charge in [-0.25, -0.2) is 4.79 Å². The summed E-state index contributed by atoms with van der Waals surface area (Å²) in [6, 6.07) is 8.12. The number of hydrogen-bond donors (Lipinski definition) is 1. The number of ether oxygens (including phenoxy) is 3. The number of carboxylic acid groups (broad SMARTS) is 1. The number of carbonyl (C=O) groups is 1. The summed E-state index contributed by atoms with van der Waals surface area (Å²) in [6.45, 7) is 20.8. The molecular formula is C32H47N3O5. The number of aromatic nitrogens is 1. The average molecular weight is 554 g/mol. The van der Waals surface area contributed by atoms with Crippen molar-refractivity contribution in [2.75, 3.05) is 57.4 Å². The number of morpholine rings is 1. The van der Waals surface area contributed by atoms with Crippen LogP contribution in [0.2, 0.25) is 0 Å². The van der Waals surface area contributed by atoms with Crippen LogP contribution >= 0.6 is 0 Å². The first kappa shape index (κ1) is 30.3. The number of hydrogen-bond acceptors (Lipinski definition) is 7. The van der Waals surface area contributed by atoms with Crippen molar-refractivity contribution in [3.8, 4) is 16.9 Å². The van der Waals surface area contributed by atoms with Gasteiger partial charge in [-0.15, -0.1) is 0 Å². The van der Waals surface area contributed by atoms with E-state index in [2.05, 4.69) is 35.8 Å². The van der Waals surface area contributed by atoms with Gasteiger partial charge in [-0.05, 0) is 70.6 Å². The highest BCUT2D eigenvalue weighted by Gasteiger charge is 2.36. The van der Waals surface area contributed by atoms with Crippen molar-refractivity contribution in [3.05, 3.63) is 41.2 Å². The molecule has 0 bridgehead atoms. The van der Waals surface area contributed by atoms with Crippen LogP contribution in [0.4, 0.5) is 5.69 Å². The molecule has 0 saturated carbocycles. The number of anilines is 1. The number of nitrogens with zero attached hydrogens (tertiary/aromatic N) is 3. The molecule has 2 aromatic rings. The Bertz CT molecular complexity index is 1160. The highest BCUT2D eigenvalue weighted by molar-refractivity contribution is 5.88. The van der Waals surface area contributed by atoms with E-state index in [-0.39, 0.29) is 5.41 Å². The number of carboxylic acids is 1. The Kier molecular flexibility index (Phi) is 9.43. The lowest BCUT2D eigenvalue weighted by Gasteiger charge is -2.41. The second kappa shape index (κ2) is 12.5. The van der Waals surface area contributed by atoms with Crippen LogP contribution in [0.5, 0.6) is 5.75 Å². The predicted octanol–water partition coefficient (Wildman–Crippen LogP) is 5.64. The van der Waals surface area contributed by atoms with E-state index in [0.29, 0.717) is 17.9 Å². The first-order valence-electron chi connectivity index (χ1n) is 14.5. The summed E-state index contributed by atoms with van der Waals surface area (Å²) < 4.78 is 17.7. The third-order valence-corrected chi connectivity index (χ3v) is 7.89. The molecule has 0 aliphatic carbocycles. The zero-order valence-corrected chi connectivity index (χ0v) is 25.4. The largest absolute Gasteiger partial charge is 0.492 e. The average Bonchev–Trinajstić information content (AvgIpc) is 2.88. The van der Waals surface area contributed by atoms with Crippen molar-refractivity contribution in [2.45, 2.75) is 73.0 Å². The molecule has 1 aromatic carbocycles. The van der Waals surface area contributed by atoms with Crippen molar-refractivity contribution in [1.29, 1.82) is 0 Å². The van der Waals surface area contributed by atoms with E-state index in [1.165, 1.54) is 0 Å². The van der Waals surface area contributed by atoms with Gasteiger partial charge in [0.2, 0.25) is 0 Å². The minimum absolute atomic E-state index is 0.252. The molecule has 40 heavy (non-hydrogen) atoms. The fourth-order valence-electron chi connectivity index (χ4n) is 5.59. The molecule has 0 radical (unpaired) electrons. The van der Waals surface area contributed by atoms with E-state index in [1.807, 2.05) is 46.8 Å². The van der Waals surface area contributed by atoms with Crippen molar-refractivity contribution < 1.29 is 24.1 Å². The maximum atomic E-state index is 12.7. The minimum atomic E-state index is -1.13. The van der Waals surface area contributed by atoms with E-state index in [1.54, 1.807) is 0 Å². The lowest BCUT2D eigenvalue weighted by atomic mass is 9.82. The van der Waals surface area contributed by atoms with Gasteiger partial charge in [-0.1, -0.05) is 26.0 Å². The summed E-state index contributed by atoms with van der Waals surface area (Å²) >= 11 is 0. The van der Waals surface area contributed by atoms with Crippen molar-refractivity contribution in [3.63, 3.8) is 0 Å². The van der Waals surface area contributed by atoms with Gasteiger partial charge in [0.15, 0.2) is 6.10 Å². The van der Waals surface area contributed by atoms with Gasteiger partial charge >= 0.3 is 5.97 Å². The summed E-state index contributed by atoms with van der Waals surface area (Å²) in [5.74, 6) is -0.187. The number of rotatable bonds is 9. The topological polar surface area (TPSA) is 84.4 Å². The molecule has 3 heterocycles. The van der Waals surface area contributed by atoms with Crippen LogP contribution < -0.4 is 9.64 Å². The molecule has 1 atom stereocenters. The van der Waals surface area contributed by atoms with Gasteiger partial charge in [0, 0.05) is 55.2 Å². The Hall–Kier alpha value is -2.68.